The molecule has 2 aromatic rings. The van der Waals surface area contributed by atoms with Crippen molar-refractivity contribution in [2.24, 2.45) is 0 Å². The zero-order valence-electron chi connectivity index (χ0n) is 14.8. The highest BCUT2D eigenvalue weighted by molar-refractivity contribution is 5.90. The van der Waals surface area contributed by atoms with E-state index in [4.69, 9.17) is 0 Å². The van der Waals surface area contributed by atoms with E-state index in [0.717, 1.165) is 25.0 Å². The molecule has 0 aliphatic heterocycles. The van der Waals surface area contributed by atoms with Gasteiger partial charge in [0.1, 0.15) is 5.82 Å². The van der Waals surface area contributed by atoms with E-state index >= 15 is 0 Å². The average Bonchev–Trinajstić information content (AvgIpc) is 2.99. The zero-order valence-corrected chi connectivity index (χ0v) is 14.8. The van der Waals surface area contributed by atoms with Crippen LogP contribution in [-0.2, 0) is 4.79 Å². The molecular weight excluding hydrogens is 318 g/mol. The molecule has 2 heterocycles. The Labute approximate surface area is 147 Å². The third-order valence-corrected chi connectivity index (χ3v) is 4.60. The second kappa shape index (κ2) is 7.31. The summed E-state index contributed by atoms with van der Waals surface area (Å²) in [6.45, 7) is 4.07. The summed E-state index contributed by atoms with van der Waals surface area (Å²) in [7, 11) is 0. The first-order valence-electron chi connectivity index (χ1n) is 8.86. The maximum Gasteiger partial charge on any atom is 0.252 e. The minimum absolute atomic E-state index is 0.102. The third-order valence-electron chi connectivity index (χ3n) is 4.60. The SMILES string of the molecule is CC(C)c1cc(NC(=O)CC2(O)CCCCC2)n(-c2ncccn2)n1. The van der Waals surface area contributed by atoms with Crippen LogP contribution < -0.4 is 5.32 Å². The lowest BCUT2D eigenvalue weighted by molar-refractivity contribution is -0.122. The Morgan fingerprint density at radius 2 is 1.96 bits per heavy atom. The summed E-state index contributed by atoms with van der Waals surface area (Å²) < 4.78 is 1.54. The number of amides is 1. The van der Waals surface area contributed by atoms with Gasteiger partial charge in [0, 0.05) is 18.5 Å². The quantitative estimate of drug-likeness (QED) is 0.871. The summed E-state index contributed by atoms with van der Waals surface area (Å²) >= 11 is 0. The molecule has 7 nitrogen and oxygen atoms in total. The normalized spacial score (nSPS) is 16.8. The van der Waals surface area contributed by atoms with Crippen molar-refractivity contribution in [3.05, 3.63) is 30.2 Å². The lowest BCUT2D eigenvalue weighted by Gasteiger charge is -2.31. The highest BCUT2D eigenvalue weighted by Gasteiger charge is 2.32. The van der Waals surface area contributed by atoms with Crippen LogP contribution in [0.1, 0.15) is 64.0 Å². The summed E-state index contributed by atoms with van der Waals surface area (Å²) in [5.41, 5.74) is -0.0451. The van der Waals surface area contributed by atoms with Gasteiger partial charge < -0.3 is 10.4 Å². The molecule has 1 aliphatic carbocycles. The van der Waals surface area contributed by atoms with E-state index in [9.17, 15) is 9.90 Å². The molecule has 1 saturated carbocycles. The summed E-state index contributed by atoms with van der Waals surface area (Å²) in [6.07, 6.45) is 7.79. The van der Waals surface area contributed by atoms with Gasteiger partial charge in [-0.05, 0) is 24.8 Å². The fraction of sp³-hybridized carbons (Fsp3) is 0.556. The van der Waals surface area contributed by atoms with Crippen LogP contribution >= 0.6 is 0 Å². The largest absolute Gasteiger partial charge is 0.389 e. The minimum Gasteiger partial charge on any atom is -0.389 e. The molecule has 0 aromatic carbocycles. The van der Waals surface area contributed by atoms with E-state index in [1.807, 2.05) is 19.9 Å². The molecule has 0 bridgehead atoms. The van der Waals surface area contributed by atoms with E-state index in [0.29, 0.717) is 24.6 Å². The van der Waals surface area contributed by atoms with E-state index < -0.39 is 5.60 Å². The van der Waals surface area contributed by atoms with Gasteiger partial charge in [0.2, 0.25) is 5.91 Å². The van der Waals surface area contributed by atoms with Crippen LogP contribution in [0.25, 0.3) is 5.95 Å². The molecule has 3 rings (SSSR count). The molecule has 2 N–H and O–H groups in total. The van der Waals surface area contributed by atoms with Gasteiger partial charge >= 0.3 is 0 Å². The predicted molar refractivity (Wildman–Crippen MR) is 94.5 cm³/mol. The van der Waals surface area contributed by atoms with Gasteiger partial charge in [-0.2, -0.15) is 9.78 Å². The van der Waals surface area contributed by atoms with Crippen molar-refractivity contribution in [3.63, 3.8) is 0 Å². The number of rotatable bonds is 5. The fourth-order valence-corrected chi connectivity index (χ4v) is 3.20. The van der Waals surface area contributed by atoms with E-state index in [-0.39, 0.29) is 18.2 Å². The molecule has 134 valence electrons. The van der Waals surface area contributed by atoms with Gasteiger partial charge in [-0.3, -0.25) is 4.79 Å². The molecule has 1 amide bonds. The Morgan fingerprint density at radius 1 is 1.28 bits per heavy atom. The number of carbonyl (C=O) groups is 1. The van der Waals surface area contributed by atoms with Crippen LogP contribution in [0.5, 0.6) is 0 Å². The van der Waals surface area contributed by atoms with Gasteiger partial charge in [0.25, 0.3) is 5.95 Å². The highest BCUT2D eigenvalue weighted by Crippen LogP contribution is 2.31. The smallest absolute Gasteiger partial charge is 0.252 e. The van der Waals surface area contributed by atoms with Crippen molar-refractivity contribution in [1.29, 1.82) is 0 Å². The summed E-state index contributed by atoms with van der Waals surface area (Å²) in [6, 6.07) is 3.57. The van der Waals surface area contributed by atoms with Crippen molar-refractivity contribution in [2.75, 3.05) is 5.32 Å². The highest BCUT2D eigenvalue weighted by atomic mass is 16.3. The standard InChI is InChI=1S/C18H25N5O2/c1-13(2)14-11-15(23(22-14)17-19-9-6-10-20-17)21-16(24)12-18(25)7-4-3-5-8-18/h6,9-11,13,25H,3-5,7-8,12H2,1-2H3,(H,21,24). The number of aliphatic hydroxyl groups is 1. The summed E-state index contributed by atoms with van der Waals surface area (Å²) in [5.74, 6) is 0.931. The zero-order chi connectivity index (χ0) is 17.9. The maximum absolute atomic E-state index is 12.5. The second-order valence-corrected chi connectivity index (χ2v) is 7.08. The Balaban J connectivity index is 1.80. The summed E-state index contributed by atoms with van der Waals surface area (Å²) in [5, 5.41) is 18.0. The Hall–Kier alpha value is -2.28. The molecular formula is C18H25N5O2. The number of aromatic nitrogens is 4. The lowest BCUT2D eigenvalue weighted by atomic mass is 9.82. The van der Waals surface area contributed by atoms with Crippen molar-refractivity contribution < 1.29 is 9.90 Å². The molecule has 1 fully saturated rings. The minimum atomic E-state index is -0.892. The second-order valence-electron chi connectivity index (χ2n) is 7.08. The third kappa shape index (κ3) is 4.22. The maximum atomic E-state index is 12.5. The molecule has 1 aliphatic rings. The fourth-order valence-electron chi connectivity index (χ4n) is 3.20. The van der Waals surface area contributed by atoms with Crippen molar-refractivity contribution in [1.82, 2.24) is 19.7 Å². The first kappa shape index (κ1) is 17.5. The van der Waals surface area contributed by atoms with Gasteiger partial charge in [-0.25, -0.2) is 9.97 Å². The van der Waals surface area contributed by atoms with Gasteiger partial charge in [0.05, 0.1) is 17.7 Å². The van der Waals surface area contributed by atoms with E-state index in [1.54, 1.807) is 18.5 Å². The lowest BCUT2D eigenvalue weighted by Crippen LogP contribution is -2.36. The topological polar surface area (TPSA) is 92.9 Å². The molecule has 0 atom stereocenters. The summed E-state index contributed by atoms with van der Waals surface area (Å²) in [4.78, 5) is 20.9. The van der Waals surface area contributed by atoms with Crippen LogP contribution in [0.4, 0.5) is 5.82 Å². The Bertz CT molecular complexity index is 720. The first-order valence-corrected chi connectivity index (χ1v) is 8.86. The van der Waals surface area contributed by atoms with Crippen molar-refractivity contribution >= 4 is 11.7 Å². The van der Waals surface area contributed by atoms with Crippen LogP contribution in [0.2, 0.25) is 0 Å². The van der Waals surface area contributed by atoms with Gasteiger partial charge in [-0.1, -0.05) is 33.1 Å². The van der Waals surface area contributed by atoms with Crippen LogP contribution in [0.15, 0.2) is 24.5 Å². The molecule has 0 unspecified atom stereocenters. The Kier molecular flexibility index (Phi) is 5.13. The average molecular weight is 343 g/mol. The number of carbonyl (C=O) groups excluding carboxylic acids is 1. The first-order chi connectivity index (χ1) is 12.0. The molecule has 0 spiro atoms. The molecule has 25 heavy (non-hydrogen) atoms. The Morgan fingerprint density at radius 3 is 2.60 bits per heavy atom. The number of nitrogens with zero attached hydrogens (tertiary/aromatic N) is 4. The van der Waals surface area contributed by atoms with Crippen molar-refractivity contribution in [3.8, 4) is 5.95 Å². The molecule has 0 saturated heterocycles. The van der Waals surface area contributed by atoms with Gasteiger partial charge in [0.15, 0.2) is 0 Å². The number of anilines is 1. The van der Waals surface area contributed by atoms with Crippen LogP contribution in [-0.4, -0.2) is 36.4 Å². The molecule has 2 aromatic heterocycles. The number of nitrogens with one attached hydrogen (secondary N) is 1. The predicted octanol–water partition coefficient (Wildman–Crippen LogP) is 2.81. The van der Waals surface area contributed by atoms with Crippen LogP contribution in [0.3, 0.4) is 0 Å². The number of hydrogen-bond donors (Lipinski definition) is 2. The number of hydrogen-bond acceptors (Lipinski definition) is 5. The van der Waals surface area contributed by atoms with Gasteiger partial charge in [-0.15, -0.1) is 0 Å². The van der Waals surface area contributed by atoms with Crippen LogP contribution in [0, 0.1) is 0 Å². The van der Waals surface area contributed by atoms with E-state index in [1.165, 1.54) is 4.68 Å². The molecule has 0 radical (unpaired) electrons. The van der Waals surface area contributed by atoms with E-state index in [2.05, 4.69) is 20.4 Å². The monoisotopic (exact) mass is 343 g/mol. The van der Waals surface area contributed by atoms with Crippen molar-refractivity contribution in [2.45, 2.75) is 63.9 Å². The molecule has 7 heteroatoms.